The van der Waals surface area contributed by atoms with E-state index < -0.39 is 48.0 Å². The molecule has 1 aliphatic rings. The molecule has 0 radical (unpaired) electrons. The predicted octanol–water partition coefficient (Wildman–Crippen LogP) is 1.33. The lowest BCUT2D eigenvalue weighted by molar-refractivity contribution is -0.285. The van der Waals surface area contributed by atoms with E-state index in [-0.39, 0.29) is 12.4 Å². The zero-order valence-electron chi connectivity index (χ0n) is 19.8. The fourth-order valence-corrected chi connectivity index (χ4v) is 2.98. The van der Waals surface area contributed by atoms with Crippen molar-refractivity contribution in [2.75, 3.05) is 27.9 Å². The monoisotopic (exact) mass is 467 g/mol. The van der Waals surface area contributed by atoms with Crippen LogP contribution in [0.3, 0.4) is 0 Å². The third-order valence-corrected chi connectivity index (χ3v) is 5.02. The summed E-state index contributed by atoms with van der Waals surface area (Å²) in [5, 5.41) is 22.6. The van der Waals surface area contributed by atoms with Gasteiger partial charge in [0, 0.05) is 18.7 Å². The van der Waals surface area contributed by atoms with Crippen LogP contribution in [0.25, 0.3) is 0 Å². The number of rotatable bonds is 8. The van der Waals surface area contributed by atoms with Gasteiger partial charge in [-0.1, -0.05) is 30.3 Å². The number of likely N-dealkylation sites (N-methyl/N-ethyl adjacent to an activating group) is 1. The molecule has 1 aliphatic heterocycles. The van der Waals surface area contributed by atoms with Crippen LogP contribution in [0.5, 0.6) is 0 Å². The summed E-state index contributed by atoms with van der Waals surface area (Å²) >= 11 is 0. The molecule has 4 unspecified atom stereocenters. The van der Waals surface area contributed by atoms with Gasteiger partial charge in [0.05, 0.1) is 26.2 Å². The molecule has 33 heavy (non-hydrogen) atoms. The fraction of sp³-hybridized carbons (Fsp3) is 0.565. The number of aliphatic hydroxyl groups is 2. The molecule has 1 amide bonds. The predicted molar refractivity (Wildman–Crippen MR) is 116 cm³/mol. The second kappa shape index (κ2) is 11.6. The SMILES string of the molecule is CO/C(=C/C(=O)N(C)OC)C(O)C(OC(=O)C(C)(C)C)[C@@H]1OC(c2ccccc2)OCC1O. The molecule has 1 aromatic rings. The number of carbonyl (C=O) groups is 2. The van der Waals surface area contributed by atoms with Crippen LogP contribution in [0.2, 0.25) is 0 Å². The second-order valence-corrected chi connectivity index (χ2v) is 8.58. The third kappa shape index (κ3) is 6.99. The Bertz CT molecular complexity index is 821. The lowest BCUT2D eigenvalue weighted by atomic mass is 9.95. The van der Waals surface area contributed by atoms with Crippen LogP contribution in [0, 0.1) is 5.41 Å². The smallest absolute Gasteiger partial charge is 0.311 e. The number of nitrogens with zero attached hydrogens (tertiary/aromatic N) is 1. The fourth-order valence-electron chi connectivity index (χ4n) is 2.98. The number of carbonyl (C=O) groups excluding carboxylic acids is 2. The first-order chi connectivity index (χ1) is 15.5. The summed E-state index contributed by atoms with van der Waals surface area (Å²) in [6.45, 7) is 4.82. The summed E-state index contributed by atoms with van der Waals surface area (Å²) in [5.74, 6) is -1.46. The van der Waals surface area contributed by atoms with Gasteiger partial charge in [0.25, 0.3) is 5.91 Å². The minimum Gasteiger partial charge on any atom is -0.498 e. The molecule has 5 atom stereocenters. The van der Waals surface area contributed by atoms with Crippen LogP contribution in [-0.4, -0.2) is 79.4 Å². The number of aliphatic hydroxyl groups excluding tert-OH is 2. The van der Waals surface area contributed by atoms with Crippen LogP contribution in [0.15, 0.2) is 42.2 Å². The summed E-state index contributed by atoms with van der Waals surface area (Å²) in [6.07, 6.45) is -5.31. The number of ether oxygens (including phenoxy) is 4. The van der Waals surface area contributed by atoms with Gasteiger partial charge in [-0.2, -0.15) is 0 Å². The number of hydrogen-bond acceptors (Lipinski definition) is 9. The molecule has 0 aliphatic carbocycles. The number of hydroxylamine groups is 2. The molecule has 0 aromatic heterocycles. The molecule has 1 aromatic carbocycles. The van der Waals surface area contributed by atoms with Gasteiger partial charge in [-0.3, -0.25) is 14.4 Å². The van der Waals surface area contributed by atoms with Crippen molar-refractivity contribution in [2.45, 2.75) is 51.5 Å². The van der Waals surface area contributed by atoms with E-state index in [1.807, 2.05) is 6.07 Å². The summed E-state index contributed by atoms with van der Waals surface area (Å²) in [6, 6.07) is 9.01. The highest BCUT2D eigenvalue weighted by Gasteiger charge is 2.45. The van der Waals surface area contributed by atoms with Crippen LogP contribution < -0.4 is 0 Å². The Hall–Kier alpha value is -2.50. The molecule has 1 heterocycles. The molecule has 2 N–H and O–H groups in total. The van der Waals surface area contributed by atoms with Gasteiger partial charge in [-0.25, -0.2) is 5.06 Å². The van der Waals surface area contributed by atoms with E-state index >= 15 is 0 Å². The topological polar surface area (TPSA) is 124 Å². The molecular weight excluding hydrogens is 434 g/mol. The lowest BCUT2D eigenvalue weighted by Gasteiger charge is -2.40. The van der Waals surface area contributed by atoms with Crippen molar-refractivity contribution in [1.29, 1.82) is 0 Å². The summed E-state index contributed by atoms with van der Waals surface area (Å²) in [7, 11) is 3.94. The van der Waals surface area contributed by atoms with Crippen LogP contribution in [0.4, 0.5) is 0 Å². The van der Waals surface area contributed by atoms with Gasteiger partial charge in [0.2, 0.25) is 0 Å². The lowest BCUT2D eigenvalue weighted by Crippen LogP contribution is -2.54. The quantitative estimate of drug-likeness (QED) is 0.252. The summed E-state index contributed by atoms with van der Waals surface area (Å²) in [5.41, 5.74) is -0.222. The van der Waals surface area contributed by atoms with Crippen molar-refractivity contribution in [1.82, 2.24) is 5.06 Å². The second-order valence-electron chi connectivity index (χ2n) is 8.58. The maximum Gasteiger partial charge on any atom is 0.311 e. The molecular formula is C23H33NO9. The molecule has 10 nitrogen and oxygen atoms in total. The van der Waals surface area contributed by atoms with Crippen molar-refractivity contribution in [3.8, 4) is 0 Å². The first kappa shape index (κ1) is 26.7. The zero-order chi connectivity index (χ0) is 24.8. The van der Waals surface area contributed by atoms with E-state index in [1.54, 1.807) is 45.0 Å². The zero-order valence-corrected chi connectivity index (χ0v) is 19.8. The Kier molecular flexibility index (Phi) is 9.38. The largest absolute Gasteiger partial charge is 0.498 e. The highest BCUT2D eigenvalue weighted by atomic mass is 16.7. The average Bonchev–Trinajstić information content (AvgIpc) is 2.80. The van der Waals surface area contributed by atoms with Gasteiger partial charge in [-0.15, -0.1) is 0 Å². The molecule has 2 rings (SSSR count). The van der Waals surface area contributed by atoms with Gasteiger partial charge in [-0.05, 0) is 20.8 Å². The normalized spacial score (nSPS) is 23.4. The molecule has 1 saturated heterocycles. The van der Waals surface area contributed by atoms with E-state index in [0.717, 1.165) is 11.1 Å². The van der Waals surface area contributed by atoms with Crippen molar-refractivity contribution in [3.05, 3.63) is 47.7 Å². The standard InChI is InChI=1S/C23H33NO9/c1-23(2,3)22(28)33-20(18(27)16(29-5)12-17(26)24(4)30-6)19-15(25)13-31-21(32-19)14-10-8-7-9-11-14/h7-12,15,18-21,25,27H,13H2,1-6H3/b16-12+/t15?,18?,19-,20?,21?/m1/s1. The van der Waals surface area contributed by atoms with Crippen LogP contribution in [0.1, 0.15) is 32.6 Å². The van der Waals surface area contributed by atoms with Gasteiger partial charge in [0.15, 0.2) is 18.5 Å². The van der Waals surface area contributed by atoms with E-state index in [1.165, 1.54) is 21.3 Å². The molecule has 1 fully saturated rings. The van der Waals surface area contributed by atoms with Gasteiger partial charge < -0.3 is 29.2 Å². The first-order valence-electron chi connectivity index (χ1n) is 10.5. The van der Waals surface area contributed by atoms with Crippen molar-refractivity contribution in [3.63, 3.8) is 0 Å². The van der Waals surface area contributed by atoms with Crippen molar-refractivity contribution >= 4 is 11.9 Å². The molecule has 0 spiro atoms. The Morgan fingerprint density at radius 3 is 2.39 bits per heavy atom. The van der Waals surface area contributed by atoms with E-state index in [4.69, 9.17) is 23.8 Å². The number of amides is 1. The van der Waals surface area contributed by atoms with E-state index in [0.29, 0.717) is 5.56 Å². The Morgan fingerprint density at radius 2 is 1.85 bits per heavy atom. The van der Waals surface area contributed by atoms with E-state index in [9.17, 15) is 19.8 Å². The van der Waals surface area contributed by atoms with E-state index in [2.05, 4.69) is 0 Å². The van der Waals surface area contributed by atoms with Crippen molar-refractivity contribution in [2.24, 2.45) is 5.41 Å². The summed E-state index contributed by atoms with van der Waals surface area (Å²) in [4.78, 5) is 29.8. The Morgan fingerprint density at radius 1 is 1.21 bits per heavy atom. The summed E-state index contributed by atoms with van der Waals surface area (Å²) < 4.78 is 22.4. The maximum atomic E-state index is 12.7. The highest BCUT2D eigenvalue weighted by Crippen LogP contribution is 2.32. The average molecular weight is 468 g/mol. The Labute approximate surface area is 193 Å². The van der Waals surface area contributed by atoms with Crippen LogP contribution in [-0.2, 0) is 33.4 Å². The maximum absolute atomic E-state index is 12.7. The first-order valence-corrected chi connectivity index (χ1v) is 10.5. The molecule has 184 valence electrons. The van der Waals surface area contributed by atoms with Crippen LogP contribution >= 0.6 is 0 Å². The molecule has 10 heteroatoms. The van der Waals surface area contributed by atoms with Gasteiger partial charge >= 0.3 is 5.97 Å². The number of esters is 1. The minimum absolute atomic E-state index is 0.127. The molecule has 0 bridgehead atoms. The minimum atomic E-state index is -1.63. The van der Waals surface area contributed by atoms with Gasteiger partial charge in [0.1, 0.15) is 18.0 Å². The Balaban J connectivity index is 2.40. The number of methoxy groups -OCH3 is 1. The number of benzene rings is 1. The highest BCUT2D eigenvalue weighted by molar-refractivity contribution is 5.87. The molecule has 0 saturated carbocycles. The third-order valence-electron chi connectivity index (χ3n) is 5.02. The number of hydrogen-bond donors (Lipinski definition) is 2. The van der Waals surface area contributed by atoms with Crippen molar-refractivity contribution < 1.29 is 43.6 Å².